The molecule has 12 heteroatoms. The molecule has 0 amide bonds. The number of carbonyl (C=O) groups excluding carboxylic acids is 4. The number of hydrogen-bond acceptors (Lipinski definition) is 12. The van der Waals surface area contributed by atoms with E-state index in [0.29, 0.717) is 0 Å². The van der Waals surface area contributed by atoms with Crippen molar-refractivity contribution in [2.75, 3.05) is 52.9 Å². The minimum atomic E-state index is -0.541. The first kappa shape index (κ1) is 30.9. The summed E-state index contributed by atoms with van der Waals surface area (Å²) in [7, 11) is 0. The molecule has 0 unspecified atom stereocenters. The number of esters is 4. The third-order valence-electron chi connectivity index (χ3n) is 2.48. The van der Waals surface area contributed by atoms with Gasteiger partial charge in [-0.3, -0.25) is 0 Å². The lowest BCUT2D eigenvalue weighted by Gasteiger charge is -2.03. The molecule has 0 atom stereocenters. The Balaban J connectivity index is 0. The molecule has 0 bridgehead atoms. The van der Waals surface area contributed by atoms with E-state index in [1.54, 1.807) is 0 Å². The molecule has 0 aromatic carbocycles. The summed E-state index contributed by atoms with van der Waals surface area (Å²) in [5.74, 6) is -2.16. The van der Waals surface area contributed by atoms with Crippen LogP contribution in [0.15, 0.2) is 51.4 Å². The SMILES string of the molecule is C=COC(=O)COCCOCC(=O)OC=C.C=COC(=O)COCCOCC(=O)OC=C. The van der Waals surface area contributed by atoms with E-state index in [2.05, 4.69) is 45.3 Å². The first-order chi connectivity index (χ1) is 15.4. The first-order valence-corrected chi connectivity index (χ1v) is 8.93. The van der Waals surface area contributed by atoms with Crippen LogP contribution in [0.1, 0.15) is 0 Å². The van der Waals surface area contributed by atoms with E-state index in [0.717, 1.165) is 25.0 Å². The normalized spacial score (nSPS) is 9.25. The van der Waals surface area contributed by atoms with Crippen molar-refractivity contribution in [3.8, 4) is 0 Å². The lowest BCUT2D eigenvalue weighted by atomic mass is 10.7. The molecule has 180 valence electrons. The van der Waals surface area contributed by atoms with Crippen LogP contribution in [-0.2, 0) is 57.1 Å². The van der Waals surface area contributed by atoms with Crippen molar-refractivity contribution in [2.24, 2.45) is 0 Å². The molecule has 0 saturated carbocycles. The predicted molar refractivity (Wildman–Crippen MR) is 108 cm³/mol. The fourth-order valence-corrected chi connectivity index (χ4v) is 1.37. The monoisotopic (exact) mass is 460 g/mol. The number of rotatable bonds is 18. The zero-order valence-electron chi connectivity index (χ0n) is 17.7. The molecule has 0 fully saturated rings. The molecule has 0 saturated heterocycles. The Labute approximate surface area is 185 Å². The summed E-state index contributed by atoms with van der Waals surface area (Å²) in [6, 6.07) is 0. The van der Waals surface area contributed by atoms with Crippen LogP contribution < -0.4 is 0 Å². The maximum Gasteiger partial charge on any atom is 0.336 e. The fourth-order valence-electron chi connectivity index (χ4n) is 1.37. The molecular weight excluding hydrogens is 432 g/mol. The van der Waals surface area contributed by atoms with Gasteiger partial charge in [0.25, 0.3) is 0 Å². The number of hydrogen-bond donors (Lipinski definition) is 0. The standard InChI is InChI=1S/2C10H14O6/c2*1-3-15-9(11)7-13-5-6-14-8-10(12)16-4-2/h2*3-4H,1-2,5-8H2. The molecule has 0 spiro atoms. The van der Waals surface area contributed by atoms with E-state index in [1.165, 1.54) is 0 Å². The van der Waals surface area contributed by atoms with Crippen molar-refractivity contribution in [3.63, 3.8) is 0 Å². The van der Waals surface area contributed by atoms with Crippen LogP contribution in [0.2, 0.25) is 0 Å². The Morgan fingerprint density at radius 1 is 0.438 bits per heavy atom. The highest BCUT2D eigenvalue weighted by Gasteiger charge is 2.03. The van der Waals surface area contributed by atoms with Crippen LogP contribution >= 0.6 is 0 Å². The summed E-state index contributed by atoms with van der Waals surface area (Å²) in [6.07, 6.45) is 4.09. The molecule has 0 aromatic rings. The van der Waals surface area contributed by atoms with Gasteiger partial charge in [-0.2, -0.15) is 0 Å². The van der Waals surface area contributed by atoms with Crippen molar-refractivity contribution < 1.29 is 57.1 Å². The zero-order chi connectivity index (χ0) is 24.5. The van der Waals surface area contributed by atoms with Crippen LogP contribution in [-0.4, -0.2) is 76.7 Å². The average Bonchev–Trinajstić information content (AvgIpc) is 2.74. The van der Waals surface area contributed by atoms with Gasteiger partial charge in [-0.1, -0.05) is 26.3 Å². The Kier molecular flexibility index (Phi) is 23.1. The van der Waals surface area contributed by atoms with Gasteiger partial charge >= 0.3 is 23.9 Å². The van der Waals surface area contributed by atoms with E-state index >= 15 is 0 Å². The summed E-state index contributed by atoms with van der Waals surface area (Å²) < 4.78 is 37.1. The van der Waals surface area contributed by atoms with Crippen molar-refractivity contribution in [3.05, 3.63) is 51.4 Å². The summed E-state index contributed by atoms with van der Waals surface area (Å²) in [5, 5.41) is 0. The van der Waals surface area contributed by atoms with Gasteiger partial charge in [-0.05, 0) is 0 Å². The molecule has 0 N–H and O–H groups in total. The van der Waals surface area contributed by atoms with Crippen molar-refractivity contribution in [1.29, 1.82) is 0 Å². The Morgan fingerprint density at radius 3 is 0.781 bits per heavy atom. The lowest BCUT2D eigenvalue weighted by molar-refractivity contribution is -0.147. The Morgan fingerprint density at radius 2 is 0.625 bits per heavy atom. The van der Waals surface area contributed by atoms with E-state index in [1.807, 2.05) is 0 Å². The van der Waals surface area contributed by atoms with Crippen LogP contribution in [0.5, 0.6) is 0 Å². The second-order valence-corrected chi connectivity index (χ2v) is 4.84. The predicted octanol–water partition coefficient (Wildman–Crippen LogP) is 0.786. The molecule has 0 heterocycles. The largest absolute Gasteiger partial charge is 0.433 e. The third kappa shape index (κ3) is 24.7. The van der Waals surface area contributed by atoms with E-state index < -0.39 is 23.9 Å². The highest BCUT2D eigenvalue weighted by Crippen LogP contribution is 1.86. The van der Waals surface area contributed by atoms with Gasteiger partial charge in [-0.15, -0.1) is 0 Å². The summed E-state index contributed by atoms with van der Waals surface area (Å²) in [6.45, 7) is 12.8. The summed E-state index contributed by atoms with van der Waals surface area (Å²) in [4.78, 5) is 42.9. The minimum Gasteiger partial charge on any atom is -0.433 e. The van der Waals surface area contributed by atoms with Crippen LogP contribution in [0, 0.1) is 0 Å². The van der Waals surface area contributed by atoms with Crippen LogP contribution in [0.25, 0.3) is 0 Å². The lowest BCUT2D eigenvalue weighted by Crippen LogP contribution is -2.16. The van der Waals surface area contributed by atoms with Gasteiger partial charge in [0.1, 0.15) is 26.4 Å². The molecule has 0 aromatic heterocycles. The van der Waals surface area contributed by atoms with Gasteiger partial charge in [0, 0.05) is 0 Å². The van der Waals surface area contributed by atoms with Gasteiger partial charge in [0.15, 0.2) is 0 Å². The average molecular weight is 460 g/mol. The fraction of sp³-hybridized carbons (Fsp3) is 0.400. The second kappa shape index (κ2) is 24.0. The van der Waals surface area contributed by atoms with Crippen molar-refractivity contribution in [2.45, 2.75) is 0 Å². The van der Waals surface area contributed by atoms with Gasteiger partial charge in [0.2, 0.25) is 0 Å². The third-order valence-corrected chi connectivity index (χ3v) is 2.48. The zero-order valence-corrected chi connectivity index (χ0v) is 17.7. The quantitative estimate of drug-likeness (QED) is 0.123. The molecule has 0 aliphatic heterocycles. The van der Waals surface area contributed by atoms with E-state index in [9.17, 15) is 19.2 Å². The van der Waals surface area contributed by atoms with Crippen LogP contribution in [0.4, 0.5) is 0 Å². The Bertz CT molecular complexity index is 495. The molecule has 0 aliphatic rings. The van der Waals surface area contributed by atoms with Gasteiger partial charge in [-0.25, -0.2) is 19.2 Å². The second-order valence-electron chi connectivity index (χ2n) is 4.84. The number of carbonyl (C=O) groups is 4. The van der Waals surface area contributed by atoms with Crippen molar-refractivity contribution >= 4 is 23.9 Å². The summed E-state index contributed by atoms with van der Waals surface area (Å²) in [5.41, 5.74) is 0. The molecule has 0 aliphatic carbocycles. The first-order valence-electron chi connectivity index (χ1n) is 8.93. The van der Waals surface area contributed by atoms with Crippen LogP contribution in [0.3, 0.4) is 0 Å². The molecule has 32 heavy (non-hydrogen) atoms. The van der Waals surface area contributed by atoms with E-state index in [-0.39, 0.29) is 52.9 Å². The minimum absolute atomic E-state index is 0.174. The molecule has 0 radical (unpaired) electrons. The maximum atomic E-state index is 10.7. The summed E-state index contributed by atoms with van der Waals surface area (Å²) >= 11 is 0. The molecule has 0 rings (SSSR count). The maximum absolute atomic E-state index is 10.7. The topological polar surface area (TPSA) is 142 Å². The Hall–Kier alpha value is -3.32. The number of ether oxygens (including phenoxy) is 8. The van der Waals surface area contributed by atoms with E-state index in [4.69, 9.17) is 18.9 Å². The highest BCUT2D eigenvalue weighted by molar-refractivity contribution is 5.72. The highest BCUT2D eigenvalue weighted by atomic mass is 16.6. The molecule has 12 nitrogen and oxygen atoms in total. The molecular formula is C20H28O12. The van der Waals surface area contributed by atoms with Gasteiger partial charge in [0.05, 0.1) is 51.5 Å². The van der Waals surface area contributed by atoms with Gasteiger partial charge < -0.3 is 37.9 Å². The van der Waals surface area contributed by atoms with Crippen molar-refractivity contribution in [1.82, 2.24) is 0 Å². The smallest absolute Gasteiger partial charge is 0.336 e.